The van der Waals surface area contributed by atoms with E-state index in [1.54, 1.807) is 6.20 Å². The summed E-state index contributed by atoms with van der Waals surface area (Å²) in [6.45, 7) is 0.676. The van der Waals surface area contributed by atoms with Crippen molar-refractivity contribution >= 4 is 17.4 Å². The predicted octanol–water partition coefficient (Wildman–Crippen LogP) is 3.80. The van der Waals surface area contributed by atoms with E-state index >= 15 is 0 Å². The van der Waals surface area contributed by atoms with Crippen LogP contribution in [0.5, 0.6) is 0 Å². The van der Waals surface area contributed by atoms with Crippen molar-refractivity contribution in [2.75, 3.05) is 5.32 Å². The van der Waals surface area contributed by atoms with E-state index in [0.717, 1.165) is 5.69 Å². The average molecular weight is 297 g/mol. The summed E-state index contributed by atoms with van der Waals surface area (Å²) in [5, 5.41) is 3.45. The Hall–Kier alpha value is -2.46. The zero-order valence-corrected chi connectivity index (χ0v) is 12.0. The van der Waals surface area contributed by atoms with Crippen LogP contribution >= 0.6 is 11.6 Å². The summed E-state index contributed by atoms with van der Waals surface area (Å²) in [6.07, 6.45) is 1.72. The summed E-state index contributed by atoms with van der Waals surface area (Å²) in [4.78, 5) is 12.7. The first-order valence-electron chi connectivity index (χ1n) is 6.55. The summed E-state index contributed by atoms with van der Waals surface area (Å²) < 4.78 is 0. The Labute approximate surface area is 127 Å². The molecule has 0 bridgehead atoms. The molecule has 0 atom stereocenters. The number of halogens is 1. The van der Waals surface area contributed by atoms with Gasteiger partial charge in [-0.1, -0.05) is 36.4 Å². The minimum atomic E-state index is 0.203. The number of nitrogens with one attached hydrogen (secondary N) is 1. The summed E-state index contributed by atoms with van der Waals surface area (Å²) in [5.74, 6) is 0.680. The van der Waals surface area contributed by atoms with Gasteiger partial charge in [0.25, 0.3) is 0 Å². The standard InChI is InChI=1S/C16H13ClN4/c17-16-20-14(13-8-4-5-9-18-13)10-15(21-16)19-11-12-6-2-1-3-7-12/h1-10H,11H2,(H,19,20,21). The monoisotopic (exact) mass is 296 g/mol. The van der Waals surface area contributed by atoms with Crippen molar-refractivity contribution in [3.05, 3.63) is 71.6 Å². The highest BCUT2D eigenvalue weighted by molar-refractivity contribution is 6.28. The van der Waals surface area contributed by atoms with Crippen LogP contribution in [0.3, 0.4) is 0 Å². The van der Waals surface area contributed by atoms with Gasteiger partial charge in [0.2, 0.25) is 5.28 Å². The van der Waals surface area contributed by atoms with E-state index in [9.17, 15) is 0 Å². The number of hydrogen-bond donors (Lipinski definition) is 1. The molecule has 0 amide bonds. The SMILES string of the molecule is Clc1nc(NCc2ccccc2)cc(-c2ccccn2)n1. The van der Waals surface area contributed by atoms with Gasteiger partial charge >= 0.3 is 0 Å². The first-order valence-corrected chi connectivity index (χ1v) is 6.93. The van der Waals surface area contributed by atoms with Crippen LogP contribution in [0.25, 0.3) is 11.4 Å². The molecule has 21 heavy (non-hydrogen) atoms. The van der Waals surface area contributed by atoms with Gasteiger partial charge in [0.05, 0.1) is 11.4 Å². The second kappa shape index (κ2) is 6.33. The number of benzene rings is 1. The van der Waals surface area contributed by atoms with Crippen molar-refractivity contribution in [3.63, 3.8) is 0 Å². The van der Waals surface area contributed by atoms with Crippen LogP contribution in [0.15, 0.2) is 60.8 Å². The lowest BCUT2D eigenvalue weighted by Crippen LogP contribution is -2.03. The topological polar surface area (TPSA) is 50.7 Å². The van der Waals surface area contributed by atoms with Gasteiger partial charge in [-0.25, -0.2) is 9.97 Å². The number of aromatic nitrogens is 3. The second-order valence-electron chi connectivity index (χ2n) is 4.46. The zero-order chi connectivity index (χ0) is 14.5. The Bertz CT molecular complexity index is 717. The van der Waals surface area contributed by atoms with E-state index in [1.165, 1.54) is 5.56 Å². The third-order valence-electron chi connectivity index (χ3n) is 2.94. The van der Waals surface area contributed by atoms with Gasteiger partial charge < -0.3 is 5.32 Å². The fourth-order valence-electron chi connectivity index (χ4n) is 1.94. The van der Waals surface area contributed by atoms with E-state index < -0.39 is 0 Å². The molecule has 0 unspecified atom stereocenters. The van der Waals surface area contributed by atoms with Gasteiger partial charge in [0.1, 0.15) is 5.82 Å². The smallest absolute Gasteiger partial charge is 0.224 e. The number of hydrogen-bond acceptors (Lipinski definition) is 4. The fourth-order valence-corrected chi connectivity index (χ4v) is 2.12. The molecule has 1 aromatic carbocycles. The molecule has 104 valence electrons. The van der Waals surface area contributed by atoms with Crippen LogP contribution in [0.1, 0.15) is 5.56 Å². The highest BCUT2D eigenvalue weighted by Gasteiger charge is 2.06. The molecular weight excluding hydrogens is 284 g/mol. The van der Waals surface area contributed by atoms with E-state index in [0.29, 0.717) is 18.1 Å². The van der Waals surface area contributed by atoms with E-state index in [-0.39, 0.29) is 5.28 Å². The van der Waals surface area contributed by atoms with E-state index in [1.807, 2.05) is 42.5 Å². The maximum Gasteiger partial charge on any atom is 0.224 e. The molecule has 4 nitrogen and oxygen atoms in total. The van der Waals surface area contributed by atoms with Gasteiger partial charge in [-0.05, 0) is 29.3 Å². The van der Waals surface area contributed by atoms with Crippen LogP contribution in [0.4, 0.5) is 5.82 Å². The Morgan fingerprint density at radius 2 is 1.71 bits per heavy atom. The minimum Gasteiger partial charge on any atom is -0.366 e. The fraction of sp³-hybridized carbons (Fsp3) is 0.0625. The molecule has 5 heteroatoms. The zero-order valence-electron chi connectivity index (χ0n) is 11.2. The van der Waals surface area contributed by atoms with Crippen LogP contribution in [0.2, 0.25) is 5.28 Å². The van der Waals surface area contributed by atoms with E-state index in [4.69, 9.17) is 11.6 Å². The van der Waals surface area contributed by atoms with Crippen molar-refractivity contribution in [1.82, 2.24) is 15.0 Å². The Kier molecular flexibility index (Phi) is 4.07. The molecule has 0 saturated heterocycles. The lowest BCUT2D eigenvalue weighted by Gasteiger charge is -2.08. The van der Waals surface area contributed by atoms with Gasteiger partial charge in [0, 0.05) is 18.8 Å². The van der Waals surface area contributed by atoms with Gasteiger partial charge in [-0.3, -0.25) is 4.98 Å². The van der Waals surface area contributed by atoms with E-state index in [2.05, 4.69) is 32.4 Å². The predicted molar refractivity (Wildman–Crippen MR) is 84.0 cm³/mol. The lowest BCUT2D eigenvalue weighted by atomic mass is 10.2. The molecule has 0 saturated carbocycles. The molecule has 0 aliphatic rings. The summed E-state index contributed by atoms with van der Waals surface area (Å²) in [7, 11) is 0. The maximum absolute atomic E-state index is 5.99. The van der Waals surface area contributed by atoms with Crippen molar-refractivity contribution in [1.29, 1.82) is 0 Å². The molecule has 0 aliphatic heterocycles. The van der Waals surface area contributed by atoms with Crippen LogP contribution in [-0.4, -0.2) is 15.0 Å². The van der Waals surface area contributed by atoms with Crippen LogP contribution in [0, 0.1) is 0 Å². The molecule has 0 aliphatic carbocycles. The highest BCUT2D eigenvalue weighted by atomic mass is 35.5. The number of nitrogens with zero attached hydrogens (tertiary/aromatic N) is 3. The first-order chi connectivity index (χ1) is 10.3. The highest BCUT2D eigenvalue weighted by Crippen LogP contribution is 2.19. The Balaban J connectivity index is 1.82. The molecule has 3 aromatic rings. The molecule has 2 heterocycles. The molecule has 0 fully saturated rings. The van der Waals surface area contributed by atoms with Crippen LogP contribution < -0.4 is 5.32 Å². The van der Waals surface area contributed by atoms with Gasteiger partial charge in [0.15, 0.2) is 0 Å². The quantitative estimate of drug-likeness (QED) is 0.744. The summed E-state index contributed by atoms with van der Waals surface area (Å²) >= 11 is 5.99. The summed E-state index contributed by atoms with van der Waals surface area (Å²) in [6, 6.07) is 17.6. The van der Waals surface area contributed by atoms with Crippen molar-refractivity contribution < 1.29 is 0 Å². The average Bonchev–Trinajstić information content (AvgIpc) is 2.54. The van der Waals surface area contributed by atoms with Crippen LogP contribution in [-0.2, 0) is 6.54 Å². The van der Waals surface area contributed by atoms with Crippen molar-refractivity contribution in [2.24, 2.45) is 0 Å². The third kappa shape index (κ3) is 3.55. The number of anilines is 1. The molecule has 3 rings (SSSR count). The first kappa shape index (κ1) is 13.5. The van der Waals surface area contributed by atoms with Gasteiger partial charge in [-0.2, -0.15) is 0 Å². The number of pyridine rings is 1. The van der Waals surface area contributed by atoms with Crippen molar-refractivity contribution in [2.45, 2.75) is 6.54 Å². The third-order valence-corrected chi connectivity index (χ3v) is 3.11. The molecule has 1 N–H and O–H groups in total. The Morgan fingerprint density at radius 1 is 0.905 bits per heavy atom. The second-order valence-corrected chi connectivity index (χ2v) is 4.80. The molecule has 0 spiro atoms. The molecular formula is C16H13ClN4. The van der Waals surface area contributed by atoms with Gasteiger partial charge in [-0.15, -0.1) is 0 Å². The largest absolute Gasteiger partial charge is 0.366 e. The normalized spacial score (nSPS) is 10.3. The minimum absolute atomic E-state index is 0.203. The van der Waals surface area contributed by atoms with Crippen molar-refractivity contribution in [3.8, 4) is 11.4 Å². The molecule has 0 radical (unpaired) electrons. The maximum atomic E-state index is 5.99. The molecule has 2 aromatic heterocycles. The summed E-state index contributed by atoms with van der Waals surface area (Å²) in [5.41, 5.74) is 2.64. The lowest BCUT2D eigenvalue weighted by molar-refractivity contribution is 1.08. The number of rotatable bonds is 4. The Morgan fingerprint density at radius 3 is 2.48 bits per heavy atom.